The van der Waals surface area contributed by atoms with Crippen molar-refractivity contribution in [2.75, 3.05) is 18.8 Å². The fraction of sp³-hybridized carbons (Fsp3) is 0.923. The third kappa shape index (κ3) is 3.69. The minimum atomic E-state index is 0.896. The van der Waals surface area contributed by atoms with Crippen LogP contribution in [-0.2, 0) is 0 Å². The van der Waals surface area contributed by atoms with E-state index in [-0.39, 0.29) is 0 Å². The van der Waals surface area contributed by atoms with Gasteiger partial charge in [-0.1, -0.05) is 37.9 Å². The number of hydrogen-bond donors (Lipinski definition) is 1. The minimum absolute atomic E-state index is 0.896. The molecule has 3 heteroatoms. The Morgan fingerprint density at radius 2 is 2.00 bits per heavy atom. The van der Waals surface area contributed by atoms with Gasteiger partial charge >= 0.3 is 0 Å². The maximum absolute atomic E-state index is 4.51. The van der Waals surface area contributed by atoms with Gasteiger partial charge in [0.2, 0.25) is 0 Å². The Kier molecular flexibility index (Phi) is 5.01. The highest BCUT2D eigenvalue weighted by Crippen LogP contribution is 2.30. The summed E-state index contributed by atoms with van der Waals surface area (Å²) in [6.45, 7) is 4.51. The summed E-state index contributed by atoms with van der Waals surface area (Å²) in [5, 5.41) is 4.74. The lowest BCUT2D eigenvalue weighted by molar-refractivity contribution is 0.269. The molecule has 0 aromatic rings. The van der Waals surface area contributed by atoms with Crippen molar-refractivity contribution in [3.05, 3.63) is 0 Å². The van der Waals surface area contributed by atoms with Crippen molar-refractivity contribution in [3.8, 4) is 0 Å². The van der Waals surface area contributed by atoms with Gasteiger partial charge in [-0.3, -0.25) is 4.99 Å². The molecule has 2 nitrogen and oxygen atoms in total. The number of rotatable bonds is 3. The molecule has 0 radical (unpaired) electrons. The van der Waals surface area contributed by atoms with Gasteiger partial charge in [0.1, 0.15) is 0 Å². The fourth-order valence-corrected chi connectivity index (χ4v) is 3.48. The Morgan fingerprint density at radius 1 is 1.25 bits per heavy atom. The van der Waals surface area contributed by atoms with Crippen molar-refractivity contribution >= 4 is 16.9 Å². The van der Waals surface area contributed by atoms with E-state index in [4.69, 9.17) is 0 Å². The molecule has 1 N–H and O–H groups in total. The van der Waals surface area contributed by atoms with Crippen LogP contribution < -0.4 is 5.32 Å². The molecule has 1 saturated carbocycles. The summed E-state index contributed by atoms with van der Waals surface area (Å²) in [7, 11) is 0. The molecule has 1 aliphatic heterocycles. The van der Waals surface area contributed by atoms with E-state index in [9.17, 15) is 0 Å². The summed E-state index contributed by atoms with van der Waals surface area (Å²) in [4.78, 5) is 4.51. The standard InChI is InChI=1S/C13H24N2S/c1-2-11-4-6-12(7-5-11)10-15-13-14-8-3-9-16-13/h11-12H,2-10H2,1H3,(H,14,15). The number of nitrogens with one attached hydrogen (secondary N) is 1. The van der Waals surface area contributed by atoms with Crippen LogP contribution >= 0.6 is 11.8 Å². The van der Waals surface area contributed by atoms with E-state index in [2.05, 4.69) is 17.2 Å². The summed E-state index contributed by atoms with van der Waals surface area (Å²) in [5.74, 6) is 3.15. The highest BCUT2D eigenvalue weighted by Gasteiger charge is 2.20. The molecule has 0 amide bonds. The average Bonchev–Trinajstić information content (AvgIpc) is 2.38. The molecule has 0 unspecified atom stereocenters. The number of nitrogens with zero attached hydrogens (tertiary/aromatic N) is 1. The molecule has 0 aromatic carbocycles. The van der Waals surface area contributed by atoms with Crippen LogP contribution in [0.2, 0.25) is 0 Å². The maximum atomic E-state index is 4.51. The van der Waals surface area contributed by atoms with Gasteiger partial charge in [0.25, 0.3) is 0 Å². The van der Waals surface area contributed by atoms with E-state index in [1.54, 1.807) is 0 Å². The predicted molar refractivity (Wildman–Crippen MR) is 73.1 cm³/mol. The molecule has 0 aromatic heterocycles. The quantitative estimate of drug-likeness (QED) is 0.818. The van der Waals surface area contributed by atoms with Crippen LogP contribution in [0.3, 0.4) is 0 Å². The number of aliphatic imine (C=N–C) groups is 1. The summed E-state index contributed by atoms with van der Waals surface area (Å²) >= 11 is 1.90. The van der Waals surface area contributed by atoms with Gasteiger partial charge in [-0.25, -0.2) is 0 Å². The van der Waals surface area contributed by atoms with Crippen LogP contribution in [-0.4, -0.2) is 24.0 Å². The van der Waals surface area contributed by atoms with Gasteiger partial charge in [-0.05, 0) is 31.1 Å². The first-order valence-electron chi connectivity index (χ1n) is 6.79. The topological polar surface area (TPSA) is 24.4 Å². The summed E-state index contributed by atoms with van der Waals surface area (Å²) in [6, 6.07) is 0. The van der Waals surface area contributed by atoms with E-state index >= 15 is 0 Å². The SMILES string of the molecule is CCC1CCC(CNC2=NCCCS2)CC1. The van der Waals surface area contributed by atoms with Crippen molar-refractivity contribution in [3.63, 3.8) is 0 Å². The molecule has 0 atom stereocenters. The zero-order chi connectivity index (χ0) is 11.2. The fourth-order valence-electron chi connectivity index (χ4n) is 2.64. The Balaban J connectivity index is 1.65. The van der Waals surface area contributed by atoms with E-state index in [0.717, 1.165) is 24.9 Å². The van der Waals surface area contributed by atoms with Crippen molar-refractivity contribution in [1.82, 2.24) is 5.32 Å². The average molecular weight is 240 g/mol. The molecule has 1 aliphatic carbocycles. The van der Waals surface area contributed by atoms with E-state index in [1.807, 2.05) is 11.8 Å². The second-order valence-electron chi connectivity index (χ2n) is 5.06. The summed E-state index contributed by atoms with van der Waals surface area (Å²) < 4.78 is 0. The Labute approximate surface area is 104 Å². The van der Waals surface area contributed by atoms with E-state index in [1.165, 1.54) is 49.4 Å². The summed E-state index contributed by atoms with van der Waals surface area (Å²) in [5.41, 5.74) is 0. The largest absolute Gasteiger partial charge is 0.365 e. The smallest absolute Gasteiger partial charge is 0.156 e. The van der Waals surface area contributed by atoms with Gasteiger partial charge in [0.15, 0.2) is 5.17 Å². The van der Waals surface area contributed by atoms with Crippen molar-refractivity contribution in [2.24, 2.45) is 16.8 Å². The Bertz CT molecular complexity index is 232. The van der Waals surface area contributed by atoms with Crippen molar-refractivity contribution in [1.29, 1.82) is 0 Å². The zero-order valence-electron chi connectivity index (χ0n) is 10.4. The lowest BCUT2D eigenvalue weighted by Gasteiger charge is -2.28. The van der Waals surface area contributed by atoms with Gasteiger partial charge in [-0.15, -0.1) is 0 Å². The van der Waals surface area contributed by atoms with Crippen LogP contribution in [0.15, 0.2) is 4.99 Å². The molecule has 92 valence electrons. The third-order valence-electron chi connectivity index (χ3n) is 3.88. The summed E-state index contributed by atoms with van der Waals surface area (Å²) in [6.07, 6.45) is 8.36. The molecule has 2 aliphatic rings. The van der Waals surface area contributed by atoms with E-state index < -0.39 is 0 Å². The lowest BCUT2D eigenvalue weighted by Crippen LogP contribution is -2.31. The number of amidine groups is 1. The van der Waals surface area contributed by atoms with Crippen LogP contribution in [0.1, 0.15) is 45.4 Å². The monoisotopic (exact) mass is 240 g/mol. The Morgan fingerprint density at radius 3 is 2.62 bits per heavy atom. The number of thioether (sulfide) groups is 1. The first-order chi connectivity index (χ1) is 7.88. The van der Waals surface area contributed by atoms with Crippen LogP contribution in [0.5, 0.6) is 0 Å². The Hall–Kier alpha value is -0.180. The third-order valence-corrected chi connectivity index (χ3v) is 4.92. The van der Waals surface area contributed by atoms with Gasteiger partial charge in [0, 0.05) is 18.8 Å². The van der Waals surface area contributed by atoms with E-state index in [0.29, 0.717) is 0 Å². The first-order valence-corrected chi connectivity index (χ1v) is 7.78. The van der Waals surface area contributed by atoms with Gasteiger partial charge < -0.3 is 5.32 Å². The second kappa shape index (κ2) is 6.53. The predicted octanol–water partition coefficient (Wildman–Crippen LogP) is 3.29. The molecule has 0 spiro atoms. The van der Waals surface area contributed by atoms with Crippen molar-refractivity contribution in [2.45, 2.75) is 45.4 Å². The first kappa shape index (κ1) is 12.3. The minimum Gasteiger partial charge on any atom is -0.365 e. The molecule has 0 bridgehead atoms. The van der Waals surface area contributed by atoms with Crippen LogP contribution in [0.25, 0.3) is 0 Å². The molecule has 0 saturated heterocycles. The molecular weight excluding hydrogens is 216 g/mol. The zero-order valence-corrected chi connectivity index (χ0v) is 11.2. The maximum Gasteiger partial charge on any atom is 0.156 e. The highest BCUT2D eigenvalue weighted by atomic mass is 32.2. The molecule has 16 heavy (non-hydrogen) atoms. The van der Waals surface area contributed by atoms with Crippen LogP contribution in [0, 0.1) is 11.8 Å². The molecule has 1 heterocycles. The molecule has 2 rings (SSSR count). The molecule has 1 fully saturated rings. The lowest BCUT2D eigenvalue weighted by atomic mass is 9.81. The highest BCUT2D eigenvalue weighted by molar-refractivity contribution is 8.13. The van der Waals surface area contributed by atoms with Gasteiger partial charge in [-0.2, -0.15) is 0 Å². The normalized spacial score (nSPS) is 30.9. The number of hydrogen-bond acceptors (Lipinski definition) is 3. The second-order valence-corrected chi connectivity index (χ2v) is 6.15. The van der Waals surface area contributed by atoms with Crippen molar-refractivity contribution < 1.29 is 0 Å². The molecular formula is C13H24N2S. The van der Waals surface area contributed by atoms with Crippen LogP contribution in [0.4, 0.5) is 0 Å². The van der Waals surface area contributed by atoms with Gasteiger partial charge in [0.05, 0.1) is 0 Å².